The van der Waals surface area contributed by atoms with Crippen molar-refractivity contribution >= 4 is 33.5 Å². The molecule has 0 spiro atoms. The molecule has 0 saturated heterocycles. The molecule has 0 fully saturated rings. The van der Waals surface area contributed by atoms with E-state index in [2.05, 4.69) is 4.99 Å². The number of halogens is 3. The minimum absolute atomic E-state index is 0.113. The normalized spacial score (nSPS) is 12.9. The number of nitro benzene ring substituents is 1. The lowest BCUT2D eigenvalue weighted by Crippen LogP contribution is -2.02. The predicted molar refractivity (Wildman–Crippen MR) is 72.4 cm³/mol. The lowest BCUT2D eigenvalue weighted by molar-refractivity contribution is -0.384. The standard InChI is InChI=1S/C11H10BrF2N3O2/c1-7-2-3-8(17(18)19)6-9(7)10(15)4-5-16-11(12,13)14/h2-6H,15H2,1H3/b10-4-,16-5+. The summed E-state index contributed by atoms with van der Waals surface area (Å²) in [5, 5.41) is 10.6. The van der Waals surface area contributed by atoms with Gasteiger partial charge in [0.1, 0.15) is 0 Å². The number of rotatable bonds is 4. The van der Waals surface area contributed by atoms with Crippen LogP contribution < -0.4 is 5.73 Å². The van der Waals surface area contributed by atoms with Gasteiger partial charge in [-0.3, -0.25) is 10.1 Å². The van der Waals surface area contributed by atoms with Gasteiger partial charge in [-0.25, -0.2) is 4.99 Å². The van der Waals surface area contributed by atoms with Crippen molar-refractivity contribution in [3.63, 3.8) is 0 Å². The van der Waals surface area contributed by atoms with E-state index >= 15 is 0 Å². The van der Waals surface area contributed by atoms with E-state index in [0.717, 1.165) is 12.3 Å². The molecular formula is C11H10BrF2N3O2. The molecule has 0 aliphatic heterocycles. The van der Waals surface area contributed by atoms with E-state index in [4.69, 9.17) is 5.73 Å². The van der Waals surface area contributed by atoms with Gasteiger partial charge in [0.2, 0.25) is 0 Å². The van der Waals surface area contributed by atoms with Gasteiger partial charge in [0.05, 0.1) is 4.92 Å². The Kier molecular flexibility index (Phi) is 4.71. The van der Waals surface area contributed by atoms with Crippen LogP contribution in [0.15, 0.2) is 29.3 Å². The predicted octanol–water partition coefficient (Wildman–Crippen LogP) is 3.22. The fourth-order valence-electron chi connectivity index (χ4n) is 1.33. The number of benzene rings is 1. The Hall–Kier alpha value is -1.83. The third kappa shape index (κ3) is 4.74. The molecule has 0 atom stereocenters. The number of alkyl halides is 3. The summed E-state index contributed by atoms with van der Waals surface area (Å²) in [4.78, 5) is 9.61. The first-order valence-corrected chi connectivity index (χ1v) is 5.83. The van der Waals surface area contributed by atoms with Crippen LogP contribution in [-0.2, 0) is 0 Å². The number of aryl methyl sites for hydroxylation is 1. The molecule has 0 saturated carbocycles. The molecule has 0 unspecified atom stereocenters. The largest absolute Gasteiger partial charge is 0.399 e. The van der Waals surface area contributed by atoms with Crippen LogP contribution in [0.2, 0.25) is 0 Å². The van der Waals surface area contributed by atoms with Gasteiger partial charge in [0.15, 0.2) is 0 Å². The second-order valence-electron chi connectivity index (χ2n) is 3.62. The number of allylic oxidation sites excluding steroid dienone is 1. The van der Waals surface area contributed by atoms with E-state index in [0.29, 0.717) is 11.1 Å². The third-order valence-electron chi connectivity index (χ3n) is 2.22. The number of non-ortho nitro benzene ring substituents is 1. The van der Waals surface area contributed by atoms with Crippen LogP contribution in [0, 0.1) is 17.0 Å². The summed E-state index contributed by atoms with van der Waals surface area (Å²) in [6.45, 7) is 1.70. The van der Waals surface area contributed by atoms with Crippen molar-refractivity contribution in [2.45, 2.75) is 11.9 Å². The summed E-state index contributed by atoms with van der Waals surface area (Å²) in [6, 6.07) is 4.15. The quantitative estimate of drug-likeness (QED) is 0.302. The van der Waals surface area contributed by atoms with Crippen LogP contribution in [0.4, 0.5) is 14.5 Å². The second-order valence-corrected chi connectivity index (χ2v) is 4.58. The molecular weight excluding hydrogens is 324 g/mol. The van der Waals surface area contributed by atoms with Crippen molar-refractivity contribution in [3.05, 3.63) is 45.5 Å². The highest BCUT2D eigenvalue weighted by atomic mass is 79.9. The van der Waals surface area contributed by atoms with Crippen LogP contribution in [0.5, 0.6) is 0 Å². The van der Waals surface area contributed by atoms with Crippen LogP contribution in [0.25, 0.3) is 5.70 Å². The molecule has 0 aliphatic rings. The highest BCUT2D eigenvalue weighted by Crippen LogP contribution is 2.23. The van der Waals surface area contributed by atoms with Gasteiger partial charge in [-0.2, -0.15) is 8.78 Å². The highest BCUT2D eigenvalue weighted by molar-refractivity contribution is 9.09. The summed E-state index contributed by atoms with van der Waals surface area (Å²) in [7, 11) is 0. The maximum absolute atomic E-state index is 12.4. The summed E-state index contributed by atoms with van der Waals surface area (Å²) in [6.07, 6.45) is 1.99. The van der Waals surface area contributed by atoms with Crippen LogP contribution in [0.1, 0.15) is 11.1 Å². The van der Waals surface area contributed by atoms with E-state index in [1.54, 1.807) is 6.92 Å². The van der Waals surface area contributed by atoms with Crippen molar-refractivity contribution in [2.75, 3.05) is 0 Å². The molecule has 0 bridgehead atoms. The monoisotopic (exact) mass is 333 g/mol. The Morgan fingerprint density at radius 2 is 2.21 bits per heavy atom. The molecule has 0 radical (unpaired) electrons. The molecule has 0 aliphatic carbocycles. The second kappa shape index (κ2) is 5.87. The number of nitrogens with zero attached hydrogens (tertiary/aromatic N) is 2. The molecule has 0 amide bonds. The minimum atomic E-state index is -3.36. The summed E-state index contributed by atoms with van der Waals surface area (Å²) < 4.78 is 24.8. The molecule has 19 heavy (non-hydrogen) atoms. The lowest BCUT2D eigenvalue weighted by atomic mass is 10.0. The topological polar surface area (TPSA) is 81.5 Å². The Balaban J connectivity index is 3.08. The number of nitro groups is 1. The SMILES string of the molecule is Cc1ccc([N+](=O)[O-])cc1/C(N)=C/C=N/C(F)(F)Br. The smallest absolute Gasteiger partial charge is 0.398 e. The molecule has 2 N–H and O–H groups in total. The first kappa shape index (κ1) is 15.2. The number of hydrogen-bond acceptors (Lipinski definition) is 4. The lowest BCUT2D eigenvalue weighted by Gasteiger charge is -2.05. The van der Waals surface area contributed by atoms with E-state index < -0.39 is 9.88 Å². The molecule has 0 heterocycles. The van der Waals surface area contributed by atoms with Gasteiger partial charge in [0.25, 0.3) is 5.69 Å². The highest BCUT2D eigenvalue weighted by Gasteiger charge is 2.19. The molecule has 5 nitrogen and oxygen atoms in total. The molecule has 1 aromatic rings. The molecule has 8 heteroatoms. The van der Waals surface area contributed by atoms with E-state index in [1.807, 2.05) is 15.9 Å². The fraction of sp³-hybridized carbons (Fsp3) is 0.182. The number of hydrogen-bond donors (Lipinski definition) is 1. The van der Waals surface area contributed by atoms with Crippen molar-refractivity contribution < 1.29 is 13.7 Å². The van der Waals surface area contributed by atoms with Crippen molar-refractivity contribution in [1.82, 2.24) is 0 Å². The zero-order valence-electron chi connectivity index (χ0n) is 9.81. The zero-order valence-corrected chi connectivity index (χ0v) is 11.4. The van der Waals surface area contributed by atoms with Crippen molar-refractivity contribution in [2.24, 2.45) is 10.7 Å². The van der Waals surface area contributed by atoms with Crippen LogP contribution in [0.3, 0.4) is 0 Å². The number of aliphatic imine (C=N–C) groups is 1. The van der Waals surface area contributed by atoms with Gasteiger partial charge >= 0.3 is 4.96 Å². The minimum Gasteiger partial charge on any atom is -0.398 e. The summed E-state index contributed by atoms with van der Waals surface area (Å²) in [5.74, 6) is 0. The maximum Gasteiger partial charge on any atom is 0.399 e. The first-order chi connectivity index (χ1) is 8.70. The Labute approximate surface area is 116 Å². The van der Waals surface area contributed by atoms with Gasteiger partial charge in [-0.1, -0.05) is 6.07 Å². The fourth-order valence-corrected chi connectivity index (χ4v) is 1.44. The van der Waals surface area contributed by atoms with Crippen molar-refractivity contribution in [1.29, 1.82) is 0 Å². The molecule has 1 rings (SSSR count). The zero-order chi connectivity index (χ0) is 14.6. The average molecular weight is 334 g/mol. The van der Waals surface area contributed by atoms with Gasteiger partial charge < -0.3 is 5.73 Å². The molecule has 102 valence electrons. The van der Waals surface area contributed by atoms with Gasteiger partial charge in [0, 0.05) is 45.5 Å². The van der Waals surface area contributed by atoms with Gasteiger partial charge in [-0.05, 0) is 18.6 Å². The van der Waals surface area contributed by atoms with Crippen LogP contribution in [-0.4, -0.2) is 16.1 Å². The van der Waals surface area contributed by atoms with Crippen molar-refractivity contribution in [3.8, 4) is 0 Å². The van der Waals surface area contributed by atoms with E-state index in [1.165, 1.54) is 18.2 Å². The molecule has 1 aromatic carbocycles. The average Bonchev–Trinajstić information content (AvgIpc) is 2.27. The van der Waals surface area contributed by atoms with E-state index in [9.17, 15) is 18.9 Å². The van der Waals surface area contributed by atoms with Crippen LogP contribution >= 0.6 is 15.9 Å². The molecule has 0 aromatic heterocycles. The van der Waals surface area contributed by atoms with Gasteiger partial charge in [-0.15, -0.1) is 0 Å². The Morgan fingerprint density at radius 1 is 1.58 bits per heavy atom. The van der Waals surface area contributed by atoms with E-state index in [-0.39, 0.29) is 11.4 Å². The first-order valence-electron chi connectivity index (χ1n) is 5.04. The number of nitrogens with two attached hydrogens (primary N) is 1. The Morgan fingerprint density at radius 3 is 2.74 bits per heavy atom. The Bertz CT molecular complexity index is 553. The maximum atomic E-state index is 12.4. The summed E-state index contributed by atoms with van der Waals surface area (Å²) >= 11 is 2.04. The summed E-state index contributed by atoms with van der Waals surface area (Å²) in [5.41, 5.74) is 6.76. The third-order valence-corrected chi connectivity index (χ3v) is 2.42.